The molecule has 2 aromatic heterocycles. The van der Waals surface area contributed by atoms with Crippen molar-refractivity contribution < 1.29 is 14.3 Å². The molecule has 0 bridgehead atoms. The summed E-state index contributed by atoms with van der Waals surface area (Å²) in [7, 11) is 1.30. The fourth-order valence-corrected chi connectivity index (χ4v) is 2.21. The number of carbonyl (C=O) groups is 2. The number of nitrogens with zero attached hydrogens (tertiary/aromatic N) is 1. The molecule has 1 amide bonds. The molecule has 0 fully saturated rings. The Morgan fingerprint density at radius 2 is 1.95 bits per heavy atom. The number of aromatic nitrogens is 1. The van der Waals surface area contributed by atoms with Crippen molar-refractivity contribution in [2.75, 3.05) is 12.4 Å². The Morgan fingerprint density at radius 1 is 1.21 bits per heavy atom. The largest absolute Gasteiger partial charge is 0.465 e. The van der Waals surface area contributed by atoms with E-state index in [1.54, 1.807) is 24.4 Å². The third-order valence-corrected chi connectivity index (χ3v) is 3.43. The second-order valence-electron chi connectivity index (χ2n) is 3.83. The van der Waals surface area contributed by atoms with Crippen molar-refractivity contribution in [3.8, 4) is 0 Å². The highest BCUT2D eigenvalue weighted by Crippen LogP contribution is 2.18. The third-order valence-electron chi connectivity index (χ3n) is 2.37. The van der Waals surface area contributed by atoms with Crippen molar-refractivity contribution in [3.05, 3.63) is 45.8 Å². The van der Waals surface area contributed by atoms with Crippen LogP contribution in [0.4, 0.5) is 5.82 Å². The summed E-state index contributed by atoms with van der Waals surface area (Å²) in [5, 5.41) is 2.66. The van der Waals surface area contributed by atoms with Crippen LogP contribution in [0.5, 0.6) is 0 Å². The lowest BCUT2D eigenvalue weighted by Crippen LogP contribution is -2.11. The first kappa shape index (κ1) is 13.2. The molecule has 2 aromatic rings. The number of ether oxygens (including phenoxy) is 1. The van der Waals surface area contributed by atoms with Gasteiger partial charge in [-0.2, -0.15) is 0 Å². The van der Waals surface area contributed by atoms with Crippen molar-refractivity contribution in [3.63, 3.8) is 0 Å². The van der Waals surface area contributed by atoms with Gasteiger partial charge in [0.2, 0.25) is 0 Å². The van der Waals surface area contributed by atoms with E-state index in [1.807, 2.05) is 13.0 Å². The molecule has 19 heavy (non-hydrogen) atoms. The number of hydrogen-bond acceptors (Lipinski definition) is 5. The summed E-state index contributed by atoms with van der Waals surface area (Å²) in [6.07, 6.45) is 1.67. The number of esters is 1. The summed E-state index contributed by atoms with van der Waals surface area (Å²) in [5.74, 6) is -0.266. The first-order valence-corrected chi connectivity index (χ1v) is 6.34. The lowest BCUT2D eigenvalue weighted by Gasteiger charge is -2.02. The van der Waals surface area contributed by atoms with Gasteiger partial charge in [0.05, 0.1) is 12.0 Å². The van der Waals surface area contributed by atoms with Crippen molar-refractivity contribution in [1.29, 1.82) is 0 Å². The quantitative estimate of drug-likeness (QED) is 0.874. The first-order valence-electron chi connectivity index (χ1n) is 5.52. The minimum absolute atomic E-state index is 0.295. The predicted molar refractivity (Wildman–Crippen MR) is 72.6 cm³/mol. The molecule has 0 aliphatic heterocycles. The van der Waals surface area contributed by atoms with Crippen LogP contribution in [0.1, 0.15) is 24.9 Å². The lowest BCUT2D eigenvalue weighted by molar-refractivity contribution is 0.0606. The van der Waals surface area contributed by atoms with Crippen LogP contribution in [0.15, 0.2) is 30.5 Å². The standard InChI is InChI=1S/C13H12N2O3S/c1-8-3-6-11(14-7-8)15-12(16)9-4-5-10(19-9)13(17)18-2/h3-7H,1-2H3,(H,14,15,16). The molecule has 0 unspecified atom stereocenters. The minimum atomic E-state index is -0.447. The second-order valence-corrected chi connectivity index (χ2v) is 4.91. The van der Waals surface area contributed by atoms with E-state index in [0.29, 0.717) is 15.6 Å². The highest BCUT2D eigenvalue weighted by Gasteiger charge is 2.14. The fraction of sp³-hybridized carbons (Fsp3) is 0.154. The number of methoxy groups -OCH3 is 1. The van der Waals surface area contributed by atoms with Gasteiger partial charge >= 0.3 is 5.97 Å². The minimum Gasteiger partial charge on any atom is -0.465 e. The summed E-state index contributed by atoms with van der Waals surface area (Å²) in [4.78, 5) is 28.1. The molecule has 0 atom stereocenters. The number of aryl methyl sites for hydroxylation is 1. The smallest absolute Gasteiger partial charge is 0.348 e. The molecular weight excluding hydrogens is 264 g/mol. The molecular formula is C13H12N2O3S. The number of carbonyl (C=O) groups excluding carboxylic acids is 2. The molecule has 0 aliphatic rings. The second kappa shape index (κ2) is 5.62. The topological polar surface area (TPSA) is 68.3 Å². The summed E-state index contributed by atoms with van der Waals surface area (Å²) < 4.78 is 4.59. The van der Waals surface area contributed by atoms with Gasteiger partial charge in [-0.25, -0.2) is 9.78 Å². The molecule has 0 aromatic carbocycles. The van der Waals surface area contributed by atoms with E-state index in [0.717, 1.165) is 16.9 Å². The van der Waals surface area contributed by atoms with Crippen LogP contribution >= 0.6 is 11.3 Å². The Balaban J connectivity index is 2.09. The van der Waals surface area contributed by atoms with Crippen LogP contribution < -0.4 is 5.32 Å². The van der Waals surface area contributed by atoms with Crippen LogP contribution in [-0.4, -0.2) is 24.0 Å². The number of nitrogens with one attached hydrogen (secondary N) is 1. The zero-order valence-corrected chi connectivity index (χ0v) is 11.3. The summed E-state index contributed by atoms with van der Waals surface area (Å²) in [6, 6.07) is 6.73. The summed E-state index contributed by atoms with van der Waals surface area (Å²) in [6.45, 7) is 1.92. The van der Waals surface area contributed by atoms with Gasteiger partial charge in [-0.3, -0.25) is 4.79 Å². The first-order chi connectivity index (χ1) is 9.10. The Hall–Kier alpha value is -2.21. The van der Waals surface area contributed by atoms with Gasteiger partial charge < -0.3 is 10.1 Å². The zero-order chi connectivity index (χ0) is 13.8. The number of hydrogen-bond donors (Lipinski definition) is 1. The molecule has 0 saturated carbocycles. The van der Waals surface area contributed by atoms with Crippen molar-refractivity contribution in [1.82, 2.24) is 4.98 Å². The van der Waals surface area contributed by atoms with E-state index in [-0.39, 0.29) is 5.91 Å². The highest BCUT2D eigenvalue weighted by atomic mass is 32.1. The van der Waals surface area contributed by atoms with Gasteiger partial charge in [-0.15, -0.1) is 11.3 Å². The molecule has 98 valence electrons. The zero-order valence-electron chi connectivity index (χ0n) is 10.5. The maximum atomic E-state index is 11.9. The number of pyridine rings is 1. The Bertz CT molecular complexity index is 605. The van der Waals surface area contributed by atoms with Crippen LogP contribution in [0.25, 0.3) is 0 Å². The maximum absolute atomic E-state index is 11.9. The third kappa shape index (κ3) is 3.17. The summed E-state index contributed by atoms with van der Waals surface area (Å²) in [5.41, 5.74) is 1.02. The van der Waals surface area contributed by atoms with Gasteiger partial charge in [0, 0.05) is 6.20 Å². The SMILES string of the molecule is COC(=O)c1ccc(C(=O)Nc2ccc(C)cn2)s1. The number of anilines is 1. The Kier molecular flexibility index (Phi) is 3.91. The normalized spacial score (nSPS) is 10.0. The Morgan fingerprint density at radius 3 is 2.58 bits per heavy atom. The van der Waals surface area contributed by atoms with Gasteiger partial charge in [-0.1, -0.05) is 6.07 Å². The van der Waals surface area contributed by atoms with E-state index in [9.17, 15) is 9.59 Å². The van der Waals surface area contributed by atoms with Gasteiger partial charge in [-0.05, 0) is 30.7 Å². The molecule has 0 aliphatic carbocycles. The lowest BCUT2D eigenvalue weighted by atomic mass is 10.3. The van der Waals surface area contributed by atoms with E-state index in [2.05, 4.69) is 15.0 Å². The fourth-order valence-electron chi connectivity index (χ4n) is 1.39. The molecule has 0 radical (unpaired) electrons. The number of thiophene rings is 1. The molecule has 5 nitrogen and oxygen atoms in total. The highest BCUT2D eigenvalue weighted by molar-refractivity contribution is 7.16. The number of rotatable bonds is 3. The predicted octanol–water partition coefficient (Wildman–Crippen LogP) is 2.49. The Labute approximate surface area is 114 Å². The molecule has 0 spiro atoms. The molecule has 6 heteroatoms. The van der Waals surface area contributed by atoms with Crippen LogP contribution in [0.2, 0.25) is 0 Å². The molecule has 2 rings (SSSR count). The van der Waals surface area contributed by atoms with Gasteiger partial charge in [0.25, 0.3) is 5.91 Å². The summed E-state index contributed by atoms with van der Waals surface area (Å²) >= 11 is 1.08. The average Bonchev–Trinajstić information content (AvgIpc) is 2.90. The van der Waals surface area contributed by atoms with E-state index < -0.39 is 5.97 Å². The monoisotopic (exact) mass is 276 g/mol. The van der Waals surface area contributed by atoms with Crippen LogP contribution in [0, 0.1) is 6.92 Å². The van der Waals surface area contributed by atoms with Crippen molar-refractivity contribution in [2.24, 2.45) is 0 Å². The van der Waals surface area contributed by atoms with E-state index in [4.69, 9.17) is 0 Å². The molecule has 2 heterocycles. The number of amides is 1. The van der Waals surface area contributed by atoms with Gasteiger partial charge in [0.15, 0.2) is 0 Å². The van der Waals surface area contributed by atoms with Crippen LogP contribution in [0.3, 0.4) is 0 Å². The van der Waals surface area contributed by atoms with Crippen molar-refractivity contribution >= 4 is 29.0 Å². The van der Waals surface area contributed by atoms with Gasteiger partial charge in [0.1, 0.15) is 10.7 Å². The molecule has 0 saturated heterocycles. The van der Waals surface area contributed by atoms with Crippen LogP contribution in [-0.2, 0) is 4.74 Å². The van der Waals surface area contributed by atoms with E-state index >= 15 is 0 Å². The maximum Gasteiger partial charge on any atom is 0.348 e. The average molecular weight is 276 g/mol. The van der Waals surface area contributed by atoms with E-state index in [1.165, 1.54) is 7.11 Å². The van der Waals surface area contributed by atoms with Crippen molar-refractivity contribution in [2.45, 2.75) is 6.92 Å². The molecule has 1 N–H and O–H groups in total.